The van der Waals surface area contributed by atoms with E-state index in [1.54, 1.807) is 7.05 Å². The highest BCUT2D eigenvalue weighted by Gasteiger charge is 2.21. The summed E-state index contributed by atoms with van der Waals surface area (Å²) in [6, 6.07) is 0. The predicted molar refractivity (Wildman–Crippen MR) is 72.6 cm³/mol. The van der Waals surface area contributed by atoms with Gasteiger partial charge in [0.05, 0.1) is 0 Å². The number of anilines is 2. The van der Waals surface area contributed by atoms with Crippen molar-refractivity contribution in [3.05, 3.63) is 5.56 Å². The predicted octanol–water partition coefficient (Wildman–Crippen LogP) is 1.57. The van der Waals surface area contributed by atoms with Crippen LogP contribution in [0, 0.1) is 5.92 Å². The van der Waals surface area contributed by atoms with Gasteiger partial charge < -0.3 is 16.0 Å². The minimum atomic E-state index is -0.178. The largest absolute Gasteiger partial charge is 0.382 e. The van der Waals surface area contributed by atoms with Gasteiger partial charge in [0.15, 0.2) is 5.82 Å². The number of carbonyl (C=O) groups excluding carboxylic acids is 1. The zero-order valence-electron chi connectivity index (χ0n) is 10.8. The fraction of sp³-hybridized carbons (Fsp3) is 0.636. The Hall–Kier alpha value is -1.30. The van der Waals surface area contributed by atoms with Crippen molar-refractivity contribution in [3.63, 3.8) is 0 Å². The highest BCUT2D eigenvalue weighted by atomic mass is 32.1. The standard InChI is InChI=1S/C11H20N4OS/c1-5-7(2)6-15(4)11-8(10(16)13-3)9(12)14-17-11/h7H,5-6H2,1-4H3,(H2,12,14)(H,13,16). The summed E-state index contributed by atoms with van der Waals surface area (Å²) >= 11 is 1.27. The lowest BCUT2D eigenvalue weighted by molar-refractivity contribution is 0.0964. The number of nitrogens with zero attached hydrogens (tertiary/aromatic N) is 2. The van der Waals surface area contributed by atoms with Crippen molar-refractivity contribution in [1.29, 1.82) is 0 Å². The number of nitrogens with one attached hydrogen (secondary N) is 1. The van der Waals surface area contributed by atoms with Gasteiger partial charge in [0.2, 0.25) is 0 Å². The Morgan fingerprint density at radius 3 is 2.82 bits per heavy atom. The Bertz CT molecular complexity index is 391. The van der Waals surface area contributed by atoms with Crippen molar-refractivity contribution in [2.75, 3.05) is 31.3 Å². The Morgan fingerprint density at radius 1 is 1.65 bits per heavy atom. The molecule has 1 aromatic rings. The molecule has 1 unspecified atom stereocenters. The average Bonchev–Trinajstić information content (AvgIpc) is 2.70. The summed E-state index contributed by atoms with van der Waals surface area (Å²) < 4.78 is 4.06. The number of aromatic nitrogens is 1. The van der Waals surface area contributed by atoms with Crippen LogP contribution >= 0.6 is 11.5 Å². The van der Waals surface area contributed by atoms with Crippen molar-refractivity contribution in [1.82, 2.24) is 9.69 Å². The monoisotopic (exact) mass is 256 g/mol. The van der Waals surface area contributed by atoms with Crippen LogP contribution in [0.15, 0.2) is 0 Å². The van der Waals surface area contributed by atoms with Crippen molar-refractivity contribution in [2.45, 2.75) is 20.3 Å². The lowest BCUT2D eigenvalue weighted by Gasteiger charge is -2.21. The molecule has 0 saturated carbocycles. The van der Waals surface area contributed by atoms with E-state index in [9.17, 15) is 4.79 Å². The Kier molecular flexibility index (Phi) is 4.74. The lowest BCUT2D eigenvalue weighted by atomic mass is 10.1. The third-order valence-electron chi connectivity index (χ3n) is 2.78. The second-order valence-corrected chi connectivity index (χ2v) is 4.97. The molecule has 17 heavy (non-hydrogen) atoms. The van der Waals surface area contributed by atoms with Gasteiger partial charge in [-0.3, -0.25) is 4.79 Å². The number of hydrogen-bond donors (Lipinski definition) is 2. The topological polar surface area (TPSA) is 71.2 Å². The molecular formula is C11H20N4OS. The first-order valence-corrected chi connectivity index (χ1v) is 6.46. The lowest BCUT2D eigenvalue weighted by Crippen LogP contribution is -2.27. The van der Waals surface area contributed by atoms with Gasteiger partial charge >= 0.3 is 0 Å². The summed E-state index contributed by atoms with van der Waals surface area (Å²) in [7, 11) is 3.56. The Balaban J connectivity index is 2.94. The molecule has 3 N–H and O–H groups in total. The van der Waals surface area contributed by atoms with E-state index >= 15 is 0 Å². The zero-order chi connectivity index (χ0) is 13.0. The molecule has 0 radical (unpaired) electrons. The fourth-order valence-electron chi connectivity index (χ4n) is 1.57. The molecule has 0 aromatic carbocycles. The molecule has 6 heteroatoms. The second-order valence-electron chi connectivity index (χ2n) is 4.22. The third kappa shape index (κ3) is 3.09. The van der Waals surface area contributed by atoms with E-state index in [4.69, 9.17) is 5.73 Å². The molecule has 1 aromatic heterocycles. The maximum absolute atomic E-state index is 11.7. The fourth-order valence-corrected chi connectivity index (χ4v) is 2.35. The third-order valence-corrected chi connectivity index (χ3v) is 3.76. The van der Waals surface area contributed by atoms with Crippen molar-refractivity contribution in [3.8, 4) is 0 Å². The molecule has 0 saturated heterocycles. The maximum atomic E-state index is 11.7. The first-order chi connectivity index (χ1) is 8.01. The molecule has 96 valence electrons. The minimum Gasteiger partial charge on any atom is -0.382 e. The molecule has 0 aliphatic rings. The summed E-state index contributed by atoms with van der Waals surface area (Å²) in [4.78, 5) is 13.8. The van der Waals surface area contributed by atoms with Gasteiger partial charge in [-0.1, -0.05) is 20.3 Å². The van der Waals surface area contributed by atoms with Crippen LogP contribution in [-0.2, 0) is 0 Å². The van der Waals surface area contributed by atoms with Crippen LogP contribution in [0.4, 0.5) is 10.8 Å². The van der Waals surface area contributed by atoms with Crippen LogP contribution in [0.1, 0.15) is 30.6 Å². The van der Waals surface area contributed by atoms with E-state index in [0.717, 1.165) is 18.0 Å². The molecule has 1 heterocycles. The van der Waals surface area contributed by atoms with Crippen LogP contribution in [0.25, 0.3) is 0 Å². The van der Waals surface area contributed by atoms with Gasteiger partial charge in [-0.15, -0.1) is 0 Å². The van der Waals surface area contributed by atoms with Gasteiger partial charge in [0.1, 0.15) is 10.6 Å². The molecule has 0 spiro atoms. The van der Waals surface area contributed by atoms with Gasteiger partial charge in [-0.25, -0.2) is 0 Å². The number of rotatable bonds is 5. The second kappa shape index (κ2) is 5.86. The van der Waals surface area contributed by atoms with E-state index in [1.807, 2.05) is 11.9 Å². The minimum absolute atomic E-state index is 0.178. The molecule has 0 aliphatic carbocycles. The summed E-state index contributed by atoms with van der Waals surface area (Å²) in [5.41, 5.74) is 6.22. The van der Waals surface area contributed by atoms with Crippen molar-refractivity contribution >= 4 is 28.3 Å². The summed E-state index contributed by atoms with van der Waals surface area (Å²) in [6.07, 6.45) is 1.11. The smallest absolute Gasteiger partial charge is 0.257 e. The van der Waals surface area contributed by atoms with Gasteiger partial charge in [-0.05, 0) is 17.5 Å². The summed E-state index contributed by atoms with van der Waals surface area (Å²) in [6.45, 7) is 5.22. The van der Waals surface area contributed by atoms with Crippen molar-refractivity contribution in [2.24, 2.45) is 5.92 Å². The normalized spacial score (nSPS) is 12.2. The number of nitrogens with two attached hydrogens (primary N) is 1. The molecule has 0 fully saturated rings. The number of carbonyl (C=O) groups is 1. The number of hydrogen-bond acceptors (Lipinski definition) is 5. The summed E-state index contributed by atoms with van der Waals surface area (Å²) in [5, 5.41) is 3.43. The van der Waals surface area contributed by atoms with E-state index in [2.05, 4.69) is 23.5 Å². The van der Waals surface area contributed by atoms with E-state index in [0.29, 0.717) is 17.3 Å². The van der Waals surface area contributed by atoms with Crippen LogP contribution in [-0.4, -0.2) is 30.9 Å². The number of nitrogen functional groups attached to an aromatic ring is 1. The quantitative estimate of drug-likeness (QED) is 0.839. The molecule has 1 amide bonds. The highest BCUT2D eigenvalue weighted by Crippen LogP contribution is 2.30. The molecule has 5 nitrogen and oxygen atoms in total. The van der Waals surface area contributed by atoms with E-state index in [-0.39, 0.29) is 5.91 Å². The van der Waals surface area contributed by atoms with Crippen LogP contribution in [0.3, 0.4) is 0 Å². The number of amides is 1. The zero-order valence-corrected chi connectivity index (χ0v) is 11.6. The Labute approximate surface area is 106 Å². The molecule has 1 atom stereocenters. The van der Waals surface area contributed by atoms with Crippen molar-refractivity contribution < 1.29 is 4.79 Å². The van der Waals surface area contributed by atoms with E-state index in [1.165, 1.54) is 11.5 Å². The molecule has 1 rings (SSSR count). The summed E-state index contributed by atoms with van der Waals surface area (Å²) in [5.74, 6) is 0.698. The first kappa shape index (κ1) is 13.8. The van der Waals surface area contributed by atoms with Crippen LogP contribution < -0.4 is 16.0 Å². The van der Waals surface area contributed by atoms with E-state index < -0.39 is 0 Å². The maximum Gasteiger partial charge on any atom is 0.257 e. The Morgan fingerprint density at radius 2 is 2.29 bits per heavy atom. The highest BCUT2D eigenvalue weighted by molar-refractivity contribution is 7.11. The SMILES string of the molecule is CCC(C)CN(C)c1snc(N)c1C(=O)NC. The molecule has 0 bridgehead atoms. The van der Waals surface area contributed by atoms with Gasteiger partial charge in [0.25, 0.3) is 5.91 Å². The van der Waals surface area contributed by atoms with Crippen LogP contribution in [0.5, 0.6) is 0 Å². The van der Waals surface area contributed by atoms with Crippen LogP contribution in [0.2, 0.25) is 0 Å². The molecular weight excluding hydrogens is 236 g/mol. The average molecular weight is 256 g/mol. The van der Waals surface area contributed by atoms with Gasteiger partial charge in [-0.2, -0.15) is 4.37 Å². The van der Waals surface area contributed by atoms with Gasteiger partial charge in [0, 0.05) is 20.6 Å². The molecule has 0 aliphatic heterocycles. The first-order valence-electron chi connectivity index (χ1n) is 5.69.